The molecule has 0 atom stereocenters. The Balaban J connectivity index is 2.02. The zero-order chi connectivity index (χ0) is 24.6. The molecule has 7 heteroatoms. The van der Waals surface area contributed by atoms with Crippen LogP contribution in [0.2, 0.25) is 0 Å². The second-order valence-corrected chi connectivity index (χ2v) is 9.80. The van der Waals surface area contributed by atoms with Crippen LogP contribution in [0.25, 0.3) is 0 Å². The van der Waals surface area contributed by atoms with Crippen LogP contribution in [0.5, 0.6) is 11.5 Å². The van der Waals surface area contributed by atoms with Gasteiger partial charge in [-0.2, -0.15) is 0 Å². The molecule has 1 amide bonds. The average Bonchev–Trinajstić information content (AvgIpc) is 2.73. The lowest BCUT2D eigenvalue weighted by Crippen LogP contribution is -2.28. The van der Waals surface area contributed by atoms with E-state index in [2.05, 4.69) is 5.32 Å². The lowest BCUT2D eigenvalue weighted by molar-refractivity contribution is -0.145. The van der Waals surface area contributed by atoms with Crippen LogP contribution in [0.1, 0.15) is 52.7 Å². The van der Waals surface area contributed by atoms with Gasteiger partial charge in [-0.3, -0.25) is 9.59 Å². The van der Waals surface area contributed by atoms with Crippen molar-refractivity contribution in [2.75, 3.05) is 6.54 Å². The Labute approximate surface area is 195 Å². The van der Waals surface area contributed by atoms with E-state index in [0.717, 1.165) is 11.1 Å². The summed E-state index contributed by atoms with van der Waals surface area (Å²) in [6.45, 7) is 11.0. The summed E-state index contributed by atoms with van der Waals surface area (Å²) in [7, 11) is 0. The first-order chi connectivity index (χ1) is 15.4. The molecule has 2 rings (SSSR count). The lowest BCUT2D eigenvalue weighted by atomic mass is 9.97. The van der Waals surface area contributed by atoms with E-state index in [0.29, 0.717) is 13.0 Å². The molecule has 0 unspecified atom stereocenters. The van der Waals surface area contributed by atoms with Crippen molar-refractivity contribution in [1.82, 2.24) is 5.32 Å². The van der Waals surface area contributed by atoms with Crippen LogP contribution >= 0.6 is 0 Å². The van der Waals surface area contributed by atoms with Gasteiger partial charge in [0.15, 0.2) is 11.5 Å². The molecule has 0 saturated carbocycles. The van der Waals surface area contributed by atoms with E-state index in [1.807, 2.05) is 30.3 Å². The summed E-state index contributed by atoms with van der Waals surface area (Å²) in [4.78, 5) is 36.7. The monoisotopic (exact) mass is 455 g/mol. The maximum atomic E-state index is 12.4. The fourth-order valence-corrected chi connectivity index (χ4v) is 2.46. The number of carbonyl (C=O) groups excluding carboxylic acids is 3. The Hall–Kier alpha value is -3.35. The summed E-state index contributed by atoms with van der Waals surface area (Å²) in [6, 6.07) is 14.4. The van der Waals surface area contributed by atoms with E-state index in [9.17, 15) is 14.4 Å². The van der Waals surface area contributed by atoms with E-state index in [1.54, 1.807) is 59.7 Å². The van der Waals surface area contributed by atoms with Crippen molar-refractivity contribution in [2.24, 2.45) is 10.8 Å². The molecule has 0 fully saturated rings. The van der Waals surface area contributed by atoms with Gasteiger partial charge >= 0.3 is 18.0 Å². The van der Waals surface area contributed by atoms with E-state index < -0.39 is 28.9 Å². The Morgan fingerprint density at radius 1 is 0.758 bits per heavy atom. The fourth-order valence-electron chi connectivity index (χ4n) is 2.46. The molecule has 0 saturated heterocycles. The van der Waals surface area contributed by atoms with Crippen molar-refractivity contribution in [2.45, 2.75) is 54.6 Å². The van der Waals surface area contributed by atoms with Crippen molar-refractivity contribution in [3.05, 3.63) is 59.7 Å². The molecular weight excluding hydrogens is 422 g/mol. The zero-order valence-electron chi connectivity index (χ0n) is 20.2. The predicted octanol–water partition coefficient (Wildman–Crippen LogP) is 5.06. The van der Waals surface area contributed by atoms with Gasteiger partial charge in [-0.15, -0.1) is 0 Å². The molecule has 178 valence electrons. The molecule has 0 aliphatic heterocycles. The molecule has 33 heavy (non-hydrogen) atoms. The van der Waals surface area contributed by atoms with Crippen molar-refractivity contribution in [3.63, 3.8) is 0 Å². The maximum Gasteiger partial charge on any atom is 0.407 e. The van der Waals surface area contributed by atoms with Crippen LogP contribution in [0.4, 0.5) is 4.79 Å². The van der Waals surface area contributed by atoms with Gasteiger partial charge in [0.25, 0.3) is 0 Å². The summed E-state index contributed by atoms with van der Waals surface area (Å²) < 4.78 is 16.2. The van der Waals surface area contributed by atoms with Crippen LogP contribution in [-0.2, 0) is 27.4 Å². The number of esters is 2. The minimum absolute atomic E-state index is 0.164. The summed E-state index contributed by atoms with van der Waals surface area (Å²) in [6.07, 6.45) is -0.0532. The van der Waals surface area contributed by atoms with Gasteiger partial charge in [0.2, 0.25) is 0 Å². The van der Waals surface area contributed by atoms with Gasteiger partial charge in [-0.05, 0) is 71.2 Å². The first kappa shape index (κ1) is 25.9. The van der Waals surface area contributed by atoms with Crippen molar-refractivity contribution in [3.8, 4) is 11.5 Å². The molecule has 0 aromatic heterocycles. The Morgan fingerprint density at radius 3 is 1.91 bits per heavy atom. The molecule has 0 aliphatic rings. The van der Waals surface area contributed by atoms with Gasteiger partial charge in [-0.1, -0.05) is 36.4 Å². The first-order valence-electron chi connectivity index (χ1n) is 10.9. The van der Waals surface area contributed by atoms with Crippen LogP contribution in [0.15, 0.2) is 48.5 Å². The van der Waals surface area contributed by atoms with Crippen LogP contribution in [-0.4, -0.2) is 24.6 Å². The van der Waals surface area contributed by atoms with Gasteiger partial charge in [0.1, 0.15) is 6.61 Å². The highest BCUT2D eigenvalue weighted by atomic mass is 16.6. The normalized spacial score (nSPS) is 11.5. The topological polar surface area (TPSA) is 90.9 Å². The maximum absolute atomic E-state index is 12.4. The van der Waals surface area contributed by atoms with Crippen molar-refractivity contribution < 1.29 is 28.6 Å². The van der Waals surface area contributed by atoms with Crippen molar-refractivity contribution >= 4 is 18.0 Å². The molecule has 7 nitrogen and oxygen atoms in total. The average molecular weight is 456 g/mol. The molecule has 0 aliphatic carbocycles. The van der Waals surface area contributed by atoms with Gasteiger partial charge in [0.05, 0.1) is 10.8 Å². The molecule has 0 heterocycles. The van der Waals surface area contributed by atoms with Crippen LogP contribution in [0.3, 0.4) is 0 Å². The highest BCUT2D eigenvalue weighted by Crippen LogP contribution is 2.32. The number of benzene rings is 2. The third kappa shape index (κ3) is 8.60. The van der Waals surface area contributed by atoms with Crippen LogP contribution < -0.4 is 14.8 Å². The molecule has 0 spiro atoms. The predicted molar refractivity (Wildman–Crippen MR) is 125 cm³/mol. The number of alkyl carbamates (subject to hydrolysis) is 1. The van der Waals surface area contributed by atoms with E-state index in [1.165, 1.54) is 0 Å². The molecule has 1 N–H and O–H groups in total. The third-order valence-corrected chi connectivity index (χ3v) is 4.53. The lowest BCUT2D eigenvalue weighted by Gasteiger charge is -2.21. The number of amides is 1. The zero-order valence-corrected chi connectivity index (χ0v) is 20.2. The van der Waals surface area contributed by atoms with Gasteiger partial charge < -0.3 is 19.5 Å². The largest absolute Gasteiger partial charge is 0.445 e. The Kier molecular flexibility index (Phi) is 8.63. The number of hydrogen-bond donors (Lipinski definition) is 1. The second kappa shape index (κ2) is 11.0. The quantitative estimate of drug-likeness (QED) is 0.464. The van der Waals surface area contributed by atoms with Gasteiger partial charge in [0, 0.05) is 6.54 Å². The summed E-state index contributed by atoms with van der Waals surface area (Å²) in [5, 5.41) is 2.70. The summed E-state index contributed by atoms with van der Waals surface area (Å²) in [5.41, 5.74) is 0.253. The highest BCUT2D eigenvalue weighted by Gasteiger charge is 2.28. The molecule has 2 aromatic rings. The second-order valence-electron chi connectivity index (χ2n) is 9.80. The highest BCUT2D eigenvalue weighted by molar-refractivity contribution is 5.81. The standard InChI is InChI=1S/C26H33NO6/c1-25(2,3)22(28)32-20-13-12-18(16-21(20)33-23(29)26(4,5)6)14-15-27-24(30)31-17-19-10-8-7-9-11-19/h7-13,16H,14-15,17H2,1-6H3,(H,27,30). The Morgan fingerprint density at radius 2 is 1.33 bits per heavy atom. The molecule has 0 bridgehead atoms. The molecule has 2 aromatic carbocycles. The van der Waals surface area contributed by atoms with Crippen LogP contribution in [0, 0.1) is 10.8 Å². The number of nitrogens with one attached hydrogen (secondary N) is 1. The minimum atomic E-state index is -0.731. The Bertz CT molecular complexity index is 971. The van der Waals surface area contributed by atoms with E-state index in [4.69, 9.17) is 14.2 Å². The molecular formula is C26H33NO6. The summed E-state index contributed by atoms with van der Waals surface area (Å²) in [5.74, 6) is -0.551. The number of hydrogen-bond acceptors (Lipinski definition) is 6. The molecule has 0 radical (unpaired) electrons. The number of rotatable bonds is 7. The first-order valence-corrected chi connectivity index (χ1v) is 10.9. The third-order valence-electron chi connectivity index (χ3n) is 4.53. The number of ether oxygens (including phenoxy) is 3. The SMILES string of the molecule is CC(C)(C)C(=O)Oc1ccc(CCNC(=O)OCc2ccccc2)cc1OC(=O)C(C)(C)C. The van der Waals surface area contributed by atoms with E-state index in [-0.39, 0.29) is 18.1 Å². The summed E-state index contributed by atoms with van der Waals surface area (Å²) >= 11 is 0. The van der Waals surface area contributed by atoms with Gasteiger partial charge in [-0.25, -0.2) is 4.79 Å². The van der Waals surface area contributed by atoms with E-state index >= 15 is 0 Å². The van der Waals surface area contributed by atoms with Crippen molar-refractivity contribution in [1.29, 1.82) is 0 Å². The number of carbonyl (C=O) groups is 3. The minimum Gasteiger partial charge on any atom is -0.445 e. The smallest absolute Gasteiger partial charge is 0.407 e. The fraction of sp³-hybridized carbons (Fsp3) is 0.423.